The lowest BCUT2D eigenvalue weighted by Crippen LogP contribution is -2.13. The zero-order valence-electron chi connectivity index (χ0n) is 12.0. The van der Waals surface area contributed by atoms with Gasteiger partial charge in [-0.05, 0) is 12.0 Å². The molecule has 21 heavy (non-hydrogen) atoms. The zero-order chi connectivity index (χ0) is 14.8. The normalized spacial score (nSPS) is 12.5. The standard InChI is InChI=1S/C15H17N5O/c1-3-11(10-7-5-4-6-8-10)20-13-12(19-15(20)16)14(21-2)18-9-17-13/h4-9,11H,3H2,1-2H3,(H2,16,19). The summed E-state index contributed by atoms with van der Waals surface area (Å²) in [6.07, 6.45) is 2.35. The van der Waals surface area contributed by atoms with E-state index in [1.807, 2.05) is 22.8 Å². The molecule has 108 valence electrons. The summed E-state index contributed by atoms with van der Waals surface area (Å²) in [4.78, 5) is 12.8. The van der Waals surface area contributed by atoms with Gasteiger partial charge in [0.25, 0.3) is 0 Å². The summed E-state index contributed by atoms with van der Waals surface area (Å²) < 4.78 is 7.17. The molecular formula is C15H17N5O. The first-order valence-electron chi connectivity index (χ1n) is 6.83. The first kappa shape index (κ1) is 13.4. The summed E-state index contributed by atoms with van der Waals surface area (Å²) in [5.74, 6) is 0.855. The van der Waals surface area contributed by atoms with Crippen LogP contribution in [-0.2, 0) is 0 Å². The first-order valence-corrected chi connectivity index (χ1v) is 6.83. The van der Waals surface area contributed by atoms with Gasteiger partial charge >= 0.3 is 0 Å². The van der Waals surface area contributed by atoms with Crippen LogP contribution in [0.4, 0.5) is 5.95 Å². The van der Waals surface area contributed by atoms with Crippen molar-refractivity contribution in [2.24, 2.45) is 0 Å². The lowest BCUT2D eigenvalue weighted by molar-refractivity contribution is 0.401. The Morgan fingerprint density at radius 3 is 2.67 bits per heavy atom. The molecule has 0 saturated carbocycles. The molecule has 1 unspecified atom stereocenters. The van der Waals surface area contributed by atoms with Crippen molar-refractivity contribution >= 4 is 17.1 Å². The zero-order valence-corrected chi connectivity index (χ0v) is 12.0. The van der Waals surface area contributed by atoms with Gasteiger partial charge in [-0.1, -0.05) is 37.3 Å². The summed E-state index contributed by atoms with van der Waals surface area (Å²) in [5, 5.41) is 0. The van der Waals surface area contributed by atoms with E-state index in [-0.39, 0.29) is 6.04 Å². The van der Waals surface area contributed by atoms with Crippen molar-refractivity contribution in [1.29, 1.82) is 0 Å². The smallest absolute Gasteiger partial charge is 0.245 e. The number of hydrogen-bond donors (Lipinski definition) is 1. The molecule has 2 heterocycles. The summed E-state index contributed by atoms with van der Waals surface area (Å²) in [6.45, 7) is 2.11. The van der Waals surface area contributed by atoms with Crippen molar-refractivity contribution in [3.8, 4) is 5.88 Å². The van der Waals surface area contributed by atoms with E-state index in [0.29, 0.717) is 23.0 Å². The number of imidazole rings is 1. The third-order valence-corrected chi connectivity index (χ3v) is 3.55. The molecule has 0 aliphatic heterocycles. The number of nitrogens with zero attached hydrogens (tertiary/aromatic N) is 4. The highest BCUT2D eigenvalue weighted by atomic mass is 16.5. The van der Waals surface area contributed by atoms with Crippen LogP contribution in [-0.4, -0.2) is 26.6 Å². The van der Waals surface area contributed by atoms with Gasteiger partial charge in [0.1, 0.15) is 6.33 Å². The van der Waals surface area contributed by atoms with E-state index in [1.54, 1.807) is 7.11 Å². The predicted molar refractivity (Wildman–Crippen MR) is 81.2 cm³/mol. The number of methoxy groups -OCH3 is 1. The molecule has 2 aromatic heterocycles. The Hall–Kier alpha value is -2.63. The Morgan fingerprint density at radius 1 is 1.24 bits per heavy atom. The van der Waals surface area contributed by atoms with Gasteiger partial charge in [0.05, 0.1) is 13.2 Å². The Balaban J connectivity index is 2.21. The number of rotatable bonds is 4. The Bertz CT molecular complexity index is 753. The van der Waals surface area contributed by atoms with Gasteiger partial charge < -0.3 is 10.5 Å². The maximum absolute atomic E-state index is 6.12. The summed E-state index contributed by atoms with van der Waals surface area (Å²) >= 11 is 0. The topological polar surface area (TPSA) is 78.9 Å². The van der Waals surface area contributed by atoms with E-state index >= 15 is 0 Å². The van der Waals surface area contributed by atoms with Crippen LogP contribution in [0.25, 0.3) is 11.2 Å². The van der Waals surface area contributed by atoms with Crippen LogP contribution in [0.2, 0.25) is 0 Å². The molecule has 0 fully saturated rings. The molecule has 0 bridgehead atoms. The van der Waals surface area contributed by atoms with E-state index in [4.69, 9.17) is 10.5 Å². The first-order chi connectivity index (χ1) is 10.3. The van der Waals surface area contributed by atoms with E-state index in [2.05, 4.69) is 34.0 Å². The van der Waals surface area contributed by atoms with Crippen molar-refractivity contribution in [3.05, 3.63) is 42.2 Å². The molecule has 0 saturated heterocycles. The van der Waals surface area contributed by atoms with Crippen LogP contribution < -0.4 is 10.5 Å². The maximum Gasteiger partial charge on any atom is 0.245 e. The van der Waals surface area contributed by atoms with Gasteiger partial charge in [-0.15, -0.1) is 0 Å². The van der Waals surface area contributed by atoms with Crippen LogP contribution in [0.15, 0.2) is 36.7 Å². The highest BCUT2D eigenvalue weighted by Gasteiger charge is 2.21. The fourth-order valence-electron chi connectivity index (χ4n) is 2.60. The quantitative estimate of drug-likeness (QED) is 0.795. The monoisotopic (exact) mass is 283 g/mol. The van der Waals surface area contributed by atoms with Crippen LogP contribution in [0.3, 0.4) is 0 Å². The average Bonchev–Trinajstić information content (AvgIpc) is 2.86. The lowest BCUT2D eigenvalue weighted by atomic mass is 10.0. The molecule has 0 spiro atoms. The maximum atomic E-state index is 6.12. The number of nitrogen functional groups attached to an aromatic ring is 1. The second-order valence-electron chi connectivity index (χ2n) is 4.73. The van der Waals surface area contributed by atoms with E-state index < -0.39 is 0 Å². The summed E-state index contributed by atoms with van der Waals surface area (Å²) in [7, 11) is 1.56. The largest absolute Gasteiger partial charge is 0.479 e. The number of benzene rings is 1. The Labute approximate surface area is 122 Å². The SMILES string of the molecule is CCC(c1ccccc1)n1c(N)nc2c(OC)ncnc21. The van der Waals surface area contributed by atoms with E-state index in [0.717, 1.165) is 6.42 Å². The van der Waals surface area contributed by atoms with Crippen molar-refractivity contribution in [2.75, 3.05) is 12.8 Å². The molecule has 1 aromatic carbocycles. The minimum Gasteiger partial charge on any atom is -0.479 e. The highest BCUT2D eigenvalue weighted by Crippen LogP contribution is 2.31. The average molecular weight is 283 g/mol. The van der Waals surface area contributed by atoms with E-state index in [1.165, 1.54) is 11.9 Å². The third kappa shape index (κ3) is 2.18. The number of aromatic nitrogens is 4. The molecule has 6 heteroatoms. The molecule has 2 N–H and O–H groups in total. The fourth-order valence-corrected chi connectivity index (χ4v) is 2.60. The molecule has 0 amide bonds. The summed E-state index contributed by atoms with van der Waals surface area (Å²) in [6, 6.07) is 10.3. The van der Waals surface area contributed by atoms with Crippen molar-refractivity contribution in [2.45, 2.75) is 19.4 Å². The summed E-state index contributed by atoms with van der Waals surface area (Å²) in [5.41, 5.74) is 8.57. The third-order valence-electron chi connectivity index (χ3n) is 3.55. The van der Waals surface area contributed by atoms with Crippen molar-refractivity contribution in [1.82, 2.24) is 19.5 Å². The van der Waals surface area contributed by atoms with Crippen LogP contribution in [0.1, 0.15) is 24.9 Å². The fraction of sp³-hybridized carbons (Fsp3) is 0.267. The number of ether oxygens (including phenoxy) is 1. The van der Waals surface area contributed by atoms with Crippen LogP contribution >= 0.6 is 0 Å². The lowest BCUT2D eigenvalue weighted by Gasteiger charge is -2.18. The molecular weight excluding hydrogens is 266 g/mol. The minimum atomic E-state index is 0.0795. The van der Waals surface area contributed by atoms with Crippen LogP contribution in [0, 0.1) is 0 Å². The van der Waals surface area contributed by atoms with Gasteiger partial charge in [-0.3, -0.25) is 4.57 Å². The van der Waals surface area contributed by atoms with E-state index in [9.17, 15) is 0 Å². The van der Waals surface area contributed by atoms with Gasteiger partial charge in [-0.2, -0.15) is 4.98 Å². The molecule has 3 rings (SSSR count). The minimum absolute atomic E-state index is 0.0795. The molecule has 1 atom stereocenters. The van der Waals surface area contributed by atoms with Crippen molar-refractivity contribution < 1.29 is 4.74 Å². The second-order valence-corrected chi connectivity index (χ2v) is 4.73. The molecule has 6 nitrogen and oxygen atoms in total. The van der Waals surface area contributed by atoms with Crippen molar-refractivity contribution in [3.63, 3.8) is 0 Å². The van der Waals surface area contributed by atoms with Gasteiger partial charge in [0.15, 0.2) is 11.2 Å². The number of fused-ring (bicyclic) bond motifs is 1. The molecule has 0 aliphatic carbocycles. The Kier molecular flexibility index (Phi) is 3.43. The second kappa shape index (κ2) is 5.40. The number of anilines is 1. The predicted octanol–water partition coefficient (Wildman–Crippen LogP) is 2.42. The molecule has 0 aliphatic rings. The number of nitrogens with two attached hydrogens (primary N) is 1. The molecule has 0 radical (unpaired) electrons. The van der Waals surface area contributed by atoms with Gasteiger partial charge in [0, 0.05) is 0 Å². The highest BCUT2D eigenvalue weighted by molar-refractivity contribution is 5.79. The van der Waals surface area contributed by atoms with Crippen LogP contribution in [0.5, 0.6) is 5.88 Å². The number of hydrogen-bond acceptors (Lipinski definition) is 5. The molecule has 3 aromatic rings. The Morgan fingerprint density at radius 2 is 2.00 bits per heavy atom. The van der Waals surface area contributed by atoms with Gasteiger partial charge in [-0.25, -0.2) is 9.97 Å². The van der Waals surface area contributed by atoms with Gasteiger partial charge in [0.2, 0.25) is 11.8 Å².